The summed E-state index contributed by atoms with van der Waals surface area (Å²) in [6.45, 7) is 0. The van der Waals surface area contributed by atoms with Gasteiger partial charge in [-0.3, -0.25) is 4.79 Å². The molecule has 0 aliphatic carbocycles. The van der Waals surface area contributed by atoms with Crippen LogP contribution in [0.25, 0.3) is 33.4 Å². The van der Waals surface area contributed by atoms with Crippen LogP contribution in [-0.4, -0.2) is 9.38 Å². The van der Waals surface area contributed by atoms with Gasteiger partial charge < -0.3 is 4.42 Å². The highest BCUT2D eigenvalue weighted by atomic mass is 32.1. The summed E-state index contributed by atoms with van der Waals surface area (Å²) < 4.78 is 47.3. The van der Waals surface area contributed by atoms with Gasteiger partial charge in [0.2, 0.25) is 0 Å². The second-order valence-corrected chi connectivity index (χ2v) is 7.39. The van der Waals surface area contributed by atoms with E-state index in [2.05, 4.69) is 4.98 Å². The quantitative estimate of drug-likeness (QED) is 0.421. The molecular formula is C21H11F3N2O2S. The smallest absolute Gasteiger partial charge is 0.417 e. The summed E-state index contributed by atoms with van der Waals surface area (Å²) in [5, 5.41) is 0. The van der Waals surface area contributed by atoms with Gasteiger partial charge in [0.15, 0.2) is 4.96 Å². The van der Waals surface area contributed by atoms with E-state index >= 15 is 0 Å². The first-order chi connectivity index (χ1) is 13.9. The minimum Gasteiger partial charge on any atom is -0.457 e. The molecule has 8 heteroatoms. The second-order valence-electron chi connectivity index (χ2n) is 6.38. The normalized spacial score (nSPS) is 13.0. The van der Waals surface area contributed by atoms with Crippen molar-refractivity contribution in [2.24, 2.45) is 0 Å². The highest BCUT2D eigenvalue weighted by Gasteiger charge is 2.34. The summed E-state index contributed by atoms with van der Waals surface area (Å²) in [6.07, 6.45) is -2.97. The molecule has 4 nitrogen and oxygen atoms in total. The highest BCUT2D eigenvalue weighted by Crippen LogP contribution is 2.37. The Bertz CT molecular complexity index is 1480. The Labute approximate surface area is 165 Å². The van der Waals surface area contributed by atoms with Crippen molar-refractivity contribution in [2.45, 2.75) is 6.18 Å². The summed E-state index contributed by atoms with van der Waals surface area (Å²) in [5.41, 5.74) is 0.377. The first-order valence-corrected chi connectivity index (χ1v) is 9.41. The number of hydrogen-bond acceptors (Lipinski definition) is 4. The number of imidazole rings is 1. The number of fused-ring (bicyclic) bond motifs is 3. The van der Waals surface area contributed by atoms with Gasteiger partial charge in [0.1, 0.15) is 16.1 Å². The monoisotopic (exact) mass is 412 g/mol. The summed E-state index contributed by atoms with van der Waals surface area (Å²) in [5.74, 6) is 0.381. The second kappa shape index (κ2) is 6.31. The molecule has 0 spiro atoms. The Morgan fingerprint density at radius 2 is 1.76 bits per heavy atom. The Kier molecular flexibility index (Phi) is 3.85. The first kappa shape index (κ1) is 17.7. The predicted octanol–water partition coefficient (Wildman–Crippen LogP) is 4.74. The lowest BCUT2D eigenvalue weighted by molar-refractivity contribution is -0.137. The molecule has 0 saturated carbocycles. The average molecular weight is 412 g/mol. The zero-order chi connectivity index (χ0) is 20.2. The molecule has 3 heterocycles. The Morgan fingerprint density at radius 1 is 1.00 bits per heavy atom. The molecule has 0 bridgehead atoms. The predicted molar refractivity (Wildman–Crippen MR) is 105 cm³/mol. The van der Waals surface area contributed by atoms with E-state index in [0.29, 0.717) is 20.8 Å². The third-order valence-electron chi connectivity index (χ3n) is 4.54. The maximum atomic E-state index is 13.3. The minimum atomic E-state index is -4.49. The van der Waals surface area contributed by atoms with Gasteiger partial charge in [0, 0.05) is 11.6 Å². The molecule has 0 aliphatic rings. The van der Waals surface area contributed by atoms with E-state index in [1.54, 1.807) is 6.07 Å². The van der Waals surface area contributed by atoms with Crippen LogP contribution in [0.3, 0.4) is 0 Å². The van der Waals surface area contributed by atoms with E-state index in [9.17, 15) is 18.0 Å². The fourth-order valence-corrected chi connectivity index (χ4v) is 4.23. The standard InChI is InChI=1S/C21H11F3N2O2S/c22-21(23,24)14-6-2-1-5-13(14)17-10-9-12(28-17)11-18-19(27)26-16-8-4-3-7-15(16)25-20(26)29-18/h1-11H/b18-11+. The number of aromatic nitrogens is 2. The molecule has 0 unspecified atom stereocenters. The molecule has 0 saturated heterocycles. The van der Waals surface area contributed by atoms with Gasteiger partial charge in [0.25, 0.3) is 5.56 Å². The van der Waals surface area contributed by atoms with Gasteiger partial charge in [0.05, 0.1) is 16.6 Å². The molecule has 0 amide bonds. The highest BCUT2D eigenvalue weighted by molar-refractivity contribution is 7.15. The van der Waals surface area contributed by atoms with Crippen LogP contribution in [0, 0.1) is 0 Å². The van der Waals surface area contributed by atoms with Crippen molar-refractivity contribution in [3.05, 3.63) is 86.9 Å². The topological polar surface area (TPSA) is 47.5 Å². The van der Waals surface area contributed by atoms with Crippen LogP contribution in [-0.2, 0) is 6.18 Å². The lowest BCUT2D eigenvalue weighted by Crippen LogP contribution is -2.22. The number of furan rings is 1. The first-order valence-electron chi connectivity index (χ1n) is 8.60. The largest absolute Gasteiger partial charge is 0.457 e. The third-order valence-corrected chi connectivity index (χ3v) is 5.51. The number of alkyl halides is 3. The molecule has 0 N–H and O–H groups in total. The Morgan fingerprint density at radius 3 is 2.59 bits per heavy atom. The van der Waals surface area contributed by atoms with Crippen LogP contribution in [0.15, 0.2) is 69.9 Å². The van der Waals surface area contributed by atoms with E-state index in [4.69, 9.17) is 4.42 Å². The number of nitrogens with zero attached hydrogens (tertiary/aromatic N) is 2. The minimum absolute atomic E-state index is 0.0472. The molecule has 0 radical (unpaired) electrons. The van der Waals surface area contributed by atoms with Crippen LogP contribution < -0.4 is 10.1 Å². The van der Waals surface area contributed by atoms with Gasteiger partial charge in [-0.2, -0.15) is 13.2 Å². The van der Waals surface area contributed by atoms with Crippen molar-refractivity contribution in [3.63, 3.8) is 0 Å². The molecule has 144 valence electrons. The number of benzene rings is 2. The molecular weight excluding hydrogens is 401 g/mol. The van der Waals surface area contributed by atoms with Crippen molar-refractivity contribution in [1.82, 2.24) is 9.38 Å². The summed E-state index contributed by atoms with van der Waals surface area (Å²) >= 11 is 1.20. The molecule has 0 fully saturated rings. The SMILES string of the molecule is O=c1/c(=C\c2ccc(-c3ccccc3C(F)(F)F)o2)sc2nc3ccccc3n12. The van der Waals surface area contributed by atoms with Crippen LogP contribution >= 0.6 is 11.3 Å². The molecule has 3 aromatic heterocycles. The van der Waals surface area contributed by atoms with E-state index in [1.807, 2.05) is 24.3 Å². The summed E-state index contributed by atoms with van der Waals surface area (Å²) in [7, 11) is 0. The molecule has 0 atom stereocenters. The van der Waals surface area contributed by atoms with E-state index in [1.165, 1.54) is 46.1 Å². The fourth-order valence-electron chi connectivity index (χ4n) is 3.26. The zero-order valence-electron chi connectivity index (χ0n) is 14.6. The average Bonchev–Trinajstić information content (AvgIpc) is 3.37. The summed E-state index contributed by atoms with van der Waals surface area (Å²) in [6, 6.07) is 15.5. The van der Waals surface area contributed by atoms with E-state index < -0.39 is 11.7 Å². The van der Waals surface area contributed by atoms with E-state index in [-0.39, 0.29) is 16.9 Å². The van der Waals surface area contributed by atoms with Crippen LogP contribution in [0.4, 0.5) is 13.2 Å². The lowest BCUT2D eigenvalue weighted by Gasteiger charge is -2.10. The molecule has 0 aliphatic heterocycles. The van der Waals surface area contributed by atoms with Gasteiger partial charge in [-0.05, 0) is 30.3 Å². The van der Waals surface area contributed by atoms with Crippen molar-refractivity contribution in [2.75, 3.05) is 0 Å². The molecule has 5 aromatic rings. The van der Waals surface area contributed by atoms with Crippen molar-refractivity contribution >= 4 is 33.4 Å². The number of thiazole rings is 1. The zero-order valence-corrected chi connectivity index (χ0v) is 15.4. The van der Waals surface area contributed by atoms with Gasteiger partial charge in [-0.25, -0.2) is 9.38 Å². The van der Waals surface area contributed by atoms with Gasteiger partial charge in [-0.15, -0.1) is 0 Å². The third kappa shape index (κ3) is 2.92. The van der Waals surface area contributed by atoms with Crippen LogP contribution in [0.1, 0.15) is 11.3 Å². The van der Waals surface area contributed by atoms with Gasteiger partial charge >= 0.3 is 6.18 Å². The molecule has 2 aromatic carbocycles. The number of hydrogen-bond donors (Lipinski definition) is 0. The number of halogens is 3. The fraction of sp³-hybridized carbons (Fsp3) is 0.0476. The number of rotatable bonds is 2. The Balaban J connectivity index is 1.62. The molecule has 5 rings (SSSR count). The maximum absolute atomic E-state index is 13.3. The van der Waals surface area contributed by atoms with Gasteiger partial charge in [-0.1, -0.05) is 41.7 Å². The molecule has 29 heavy (non-hydrogen) atoms. The van der Waals surface area contributed by atoms with Crippen molar-refractivity contribution in [3.8, 4) is 11.3 Å². The lowest BCUT2D eigenvalue weighted by atomic mass is 10.1. The van der Waals surface area contributed by atoms with Crippen molar-refractivity contribution in [1.29, 1.82) is 0 Å². The van der Waals surface area contributed by atoms with Crippen LogP contribution in [0.2, 0.25) is 0 Å². The van der Waals surface area contributed by atoms with Crippen LogP contribution in [0.5, 0.6) is 0 Å². The Hall–Kier alpha value is -3.39. The number of para-hydroxylation sites is 2. The van der Waals surface area contributed by atoms with E-state index in [0.717, 1.165) is 11.6 Å². The maximum Gasteiger partial charge on any atom is 0.417 e. The van der Waals surface area contributed by atoms with Crippen molar-refractivity contribution < 1.29 is 17.6 Å². The summed E-state index contributed by atoms with van der Waals surface area (Å²) in [4.78, 5) is 17.8.